The Morgan fingerprint density at radius 2 is 1.86 bits per heavy atom. The van der Waals surface area contributed by atoms with Crippen molar-refractivity contribution in [3.8, 4) is 0 Å². The molecule has 0 bridgehead atoms. The van der Waals surface area contributed by atoms with Crippen molar-refractivity contribution >= 4 is 6.09 Å². The van der Waals surface area contributed by atoms with Crippen molar-refractivity contribution in [1.82, 2.24) is 4.90 Å². The second kappa shape index (κ2) is 5.95. The van der Waals surface area contributed by atoms with E-state index < -0.39 is 12.4 Å². The molecule has 0 saturated heterocycles. The van der Waals surface area contributed by atoms with Gasteiger partial charge in [-0.1, -0.05) is 54.6 Å². The average Bonchev–Trinajstić information content (AvgIpc) is 2.54. The number of amides is 1. The molecule has 3 rings (SSSR count). The molecule has 1 aliphatic heterocycles. The van der Waals surface area contributed by atoms with Gasteiger partial charge in [-0.3, -0.25) is 4.90 Å². The van der Waals surface area contributed by atoms with Crippen LogP contribution in [-0.2, 0) is 17.8 Å². The first kappa shape index (κ1) is 13.6. The quantitative estimate of drug-likeness (QED) is 0.784. The number of halogens is 1. The van der Waals surface area contributed by atoms with Gasteiger partial charge in [0.25, 0.3) is 0 Å². The highest BCUT2D eigenvalue weighted by molar-refractivity contribution is 5.68. The Bertz CT molecular complexity index is 630. The summed E-state index contributed by atoms with van der Waals surface area (Å²) in [6.07, 6.45) is -1.39. The number of ether oxygens (including phenoxy) is 1. The molecule has 0 saturated carbocycles. The second-order valence-electron chi connectivity index (χ2n) is 5.02. The van der Waals surface area contributed by atoms with E-state index in [4.69, 9.17) is 4.74 Å². The molecule has 0 aromatic heterocycles. The fourth-order valence-electron chi connectivity index (χ4n) is 2.50. The highest BCUT2D eigenvalue weighted by Crippen LogP contribution is 2.31. The fraction of sp³-hybridized carbons (Fsp3) is 0.235. The summed E-state index contributed by atoms with van der Waals surface area (Å²) in [6, 6.07) is 16.7. The van der Waals surface area contributed by atoms with Crippen LogP contribution >= 0.6 is 0 Å². The molecule has 1 amide bonds. The molecule has 1 aliphatic rings. The molecule has 0 radical (unpaired) electrons. The summed E-state index contributed by atoms with van der Waals surface area (Å²) in [5.74, 6) is 0. The minimum atomic E-state index is -1.43. The summed E-state index contributed by atoms with van der Waals surface area (Å²) in [6.45, 7) is 0.496. The molecule has 21 heavy (non-hydrogen) atoms. The Hall–Kier alpha value is -2.36. The lowest BCUT2D eigenvalue weighted by atomic mass is 9.99. The summed E-state index contributed by atoms with van der Waals surface area (Å²) in [5.41, 5.74) is 2.40. The van der Waals surface area contributed by atoms with Crippen LogP contribution in [0.15, 0.2) is 54.6 Å². The smallest absolute Gasteiger partial charge is 0.412 e. The molecule has 2 aromatic carbocycles. The van der Waals surface area contributed by atoms with E-state index in [2.05, 4.69) is 0 Å². The van der Waals surface area contributed by atoms with Crippen LogP contribution in [0.1, 0.15) is 23.0 Å². The van der Waals surface area contributed by atoms with E-state index in [0.717, 1.165) is 16.0 Å². The Morgan fingerprint density at radius 3 is 2.67 bits per heavy atom. The molecular weight excluding hydrogens is 269 g/mol. The standard InChI is InChI=1S/C17H16FNO2/c18-16-15-9-5-4-8-14(15)10-11-19(16)17(20)21-12-13-6-2-1-3-7-13/h1-9,16H,10-12H2. The zero-order valence-corrected chi connectivity index (χ0v) is 11.5. The van der Waals surface area contributed by atoms with Crippen molar-refractivity contribution in [3.05, 3.63) is 71.3 Å². The van der Waals surface area contributed by atoms with Gasteiger partial charge in [-0.25, -0.2) is 9.18 Å². The maximum Gasteiger partial charge on any atom is 0.412 e. The number of hydrogen-bond acceptors (Lipinski definition) is 2. The van der Waals surface area contributed by atoms with Gasteiger partial charge in [-0.15, -0.1) is 0 Å². The van der Waals surface area contributed by atoms with Gasteiger partial charge in [-0.05, 0) is 17.5 Å². The Balaban J connectivity index is 1.66. The van der Waals surface area contributed by atoms with Gasteiger partial charge < -0.3 is 4.74 Å². The molecule has 108 valence electrons. The lowest BCUT2D eigenvalue weighted by molar-refractivity contribution is 0.0379. The highest BCUT2D eigenvalue weighted by atomic mass is 19.1. The van der Waals surface area contributed by atoms with Gasteiger partial charge in [-0.2, -0.15) is 0 Å². The van der Waals surface area contributed by atoms with Crippen molar-refractivity contribution in [2.75, 3.05) is 6.54 Å². The Labute approximate surface area is 123 Å². The number of fused-ring (bicyclic) bond motifs is 1. The second-order valence-corrected chi connectivity index (χ2v) is 5.02. The maximum atomic E-state index is 14.4. The zero-order valence-electron chi connectivity index (χ0n) is 11.5. The van der Waals surface area contributed by atoms with Crippen LogP contribution in [0.2, 0.25) is 0 Å². The molecule has 0 spiro atoms. The van der Waals surface area contributed by atoms with E-state index in [9.17, 15) is 9.18 Å². The van der Waals surface area contributed by atoms with Crippen LogP contribution in [0.25, 0.3) is 0 Å². The molecule has 2 aromatic rings. The van der Waals surface area contributed by atoms with Gasteiger partial charge in [0.1, 0.15) is 6.61 Å². The van der Waals surface area contributed by atoms with E-state index in [1.54, 1.807) is 12.1 Å². The van der Waals surface area contributed by atoms with Crippen LogP contribution < -0.4 is 0 Å². The van der Waals surface area contributed by atoms with Crippen LogP contribution in [0.4, 0.5) is 9.18 Å². The molecule has 1 atom stereocenters. The number of benzene rings is 2. The van der Waals surface area contributed by atoms with Crippen molar-refractivity contribution in [3.63, 3.8) is 0 Å². The van der Waals surface area contributed by atoms with E-state index >= 15 is 0 Å². The molecule has 0 aliphatic carbocycles. The van der Waals surface area contributed by atoms with Gasteiger partial charge in [0, 0.05) is 12.1 Å². The predicted octanol–water partition coefficient (Wildman–Crippen LogP) is 3.85. The third-order valence-corrected chi connectivity index (χ3v) is 3.65. The summed E-state index contributed by atoms with van der Waals surface area (Å²) in [4.78, 5) is 13.2. The largest absolute Gasteiger partial charge is 0.444 e. The Morgan fingerprint density at radius 1 is 1.14 bits per heavy atom. The number of hydrogen-bond donors (Lipinski definition) is 0. The predicted molar refractivity (Wildman–Crippen MR) is 77.3 cm³/mol. The zero-order chi connectivity index (χ0) is 14.7. The number of carbonyl (C=O) groups excluding carboxylic acids is 1. The van der Waals surface area contributed by atoms with E-state index in [1.165, 1.54) is 0 Å². The highest BCUT2D eigenvalue weighted by Gasteiger charge is 2.31. The molecule has 4 heteroatoms. The normalized spacial score (nSPS) is 17.2. The Kier molecular flexibility index (Phi) is 3.86. The summed E-state index contributed by atoms with van der Waals surface area (Å²) >= 11 is 0. The van der Waals surface area contributed by atoms with Crippen LogP contribution in [-0.4, -0.2) is 17.5 Å². The molecular formula is C17H16FNO2. The first-order valence-electron chi connectivity index (χ1n) is 6.95. The van der Waals surface area contributed by atoms with Crippen molar-refractivity contribution in [2.24, 2.45) is 0 Å². The number of nitrogens with zero attached hydrogens (tertiary/aromatic N) is 1. The third kappa shape index (κ3) is 2.89. The van der Waals surface area contributed by atoms with E-state index in [1.807, 2.05) is 42.5 Å². The lowest BCUT2D eigenvalue weighted by Crippen LogP contribution is -2.38. The number of rotatable bonds is 2. The van der Waals surface area contributed by atoms with Gasteiger partial charge >= 0.3 is 6.09 Å². The molecule has 1 heterocycles. The lowest BCUT2D eigenvalue weighted by Gasteiger charge is -2.31. The van der Waals surface area contributed by atoms with Crippen molar-refractivity contribution in [2.45, 2.75) is 19.3 Å². The average molecular weight is 285 g/mol. The van der Waals surface area contributed by atoms with Crippen LogP contribution in [0.3, 0.4) is 0 Å². The third-order valence-electron chi connectivity index (χ3n) is 3.65. The minimum Gasteiger partial charge on any atom is -0.444 e. The first-order valence-corrected chi connectivity index (χ1v) is 6.95. The van der Waals surface area contributed by atoms with Crippen molar-refractivity contribution in [1.29, 1.82) is 0 Å². The minimum absolute atomic E-state index is 0.157. The van der Waals surface area contributed by atoms with Crippen LogP contribution in [0.5, 0.6) is 0 Å². The monoisotopic (exact) mass is 285 g/mol. The first-order chi connectivity index (χ1) is 10.3. The number of alkyl halides is 1. The summed E-state index contributed by atoms with van der Waals surface area (Å²) in [5, 5.41) is 0. The van der Waals surface area contributed by atoms with Gasteiger partial charge in [0.05, 0.1) is 0 Å². The van der Waals surface area contributed by atoms with Crippen LogP contribution in [0, 0.1) is 0 Å². The summed E-state index contributed by atoms with van der Waals surface area (Å²) in [7, 11) is 0. The molecule has 0 fully saturated rings. The molecule has 1 unspecified atom stereocenters. The van der Waals surface area contributed by atoms with E-state index in [-0.39, 0.29) is 6.61 Å². The number of carbonyl (C=O) groups is 1. The topological polar surface area (TPSA) is 29.5 Å². The van der Waals surface area contributed by atoms with Crippen molar-refractivity contribution < 1.29 is 13.9 Å². The SMILES string of the molecule is O=C(OCc1ccccc1)N1CCc2ccccc2C1F. The van der Waals surface area contributed by atoms with E-state index in [0.29, 0.717) is 18.5 Å². The maximum absolute atomic E-state index is 14.4. The van der Waals surface area contributed by atoms with Gasteiger partial charge in [0.2, 0.25) is 6.30 Å². The summed E-state index contributed by atoms with van der Waals surface area (Å²) < 4.78 is 19.6. The molecule has 0 N–H and O–H groups in total. The van der Waals surface area contributed by atoms with Gasteiger partial charge in [0.15, 0.2) is 0 Å². The molecule has 3 nitrogen and oxygen atoms in total. The fourth-order valence-corrected chi connectivity index (χ4v) is 2.50.